The van der Waals surface area contributed by atoms with Gasteiger partial charge in [0.05, 0.1) is 19.3 Å². The van der Waals surface area contributed by atoms with Gasteiger partial charge >= 0.3 is 0 Å². The minimum Gasteiger partial charge on any atom is -0.394 e. The van der Waals surface area contributed by atoms with Crippen molar-refractivity contribution in [1.82, 2.24) is 0 Å². The zero-order chi connectivity index (χ0) is 14.8. The van der Waals surface area contributed by atoms with E-state index < -0.39 is 16.1 Å². The third-order valence-electron chi connectivity index (χ3n) is 5.20. The Hall–Kier alpha value is 0.354. The molecule has 0 amide bonds. The van der Waals surface area contributed by atoms with Crippen LogP contribution in [-0.2, 0) is 4.74 Å². The lowest BCUT2D eigenvalue weighted by Crippen LogP contribution is -2.58. The van der Waals surface area contributed by atoms with Crippen LogP contribution in [0.5, 0.6) is 0 Å². The smallest absolute Gasteiger partial charge is 0.0701 e. The molecule has 0 bridgehead atoms. The largest absolute Gasteiger partial charge is 0.394 e. The topological polar surface area (TPSA) is 29.5 Å². The highest BCUT2D eigenvalue weighted by atomic mass is 28.4. The van der Waals surface area contributed by atoms with E-state index in [4.69, 9.17) is 9.84 Å². The van der Waals surface area contributed by atoms with E-state index in [-0.39, 0.29) is 12.7 Å². The normalized spacial score (nSPS) is 17.7. The van der Waals surface area contributed by atoms with Gasteiger partial charge in [0.25, 0.3) is 0 Å². The summed E-state index contributed by atoms with van der Waals surface area (Å²) >= 11 is 0. The zero-order valence-corrected chi connectivity index (χ0v) is 15.9. The molecule has 18 heavy (non-hydrogen) atoms. The van der Waals surface area contributed by atoms with Crippen molar-refractivity contribution < 1.29 is 9.84 Å². The third kappa shape index (κ3) is 3.68. The van der Waals surface area contributed by atoms with Crippen LogP contribution in [0.2, 0.25) is 43.9 Å². The monoisotopic (exact) mass is 290 g/mol. The van der Waals surface area contributed by atoms with Gasteiger partial charge in [-0.25, -0.2) is 0 Å². The van der Waals surface area contributed by atoms with Gasteiger partial charge in [-0.15, -0.1) is 0 Å². The predicted octanol–water partition coefficient (Wildman–Crippen LogP) is 4.00. The standard InChI is InChI=1S/C14H34O2Si2/c1-12(13(2)16-11-10-15)14(3,17(4,5)6)18(7,8)9/h12-13,15H,10-11H2,1-9H3. The molecule has 4 heteroatoms. The summed E-state index contributed by atoms with van der Waals surface area (Å²) in [5, 5.41) is 8.91. The summed E-state index contributed by atoms with van der Waals surface area (Å²) in [7, 11) is -2.58. The van der Waals surface area contributed by atoms with Gasteiger partial charge in [0.1, 0.15) is 0 Å². The SMILES string of the molecule is CC(OCCO)C(C)C(C)([Si](C)(C)C)[Si](C)(C)C. The van der Waals surface area contributed by atoms with E-state index in [1.54, 1.807) is 0 Å². The lowest BCUT2D eigenvalue weighted by molar-refractivity contribution is 0.00472. The molecule has 1 N–H and O–H groups in total. The maximum atomic E-state index is 8.91. The van der Waals surface area contributed by atoms with Crippen LogP contribution in [-0.4, -0.2) is 40.6 Å². The molecule has 0 rings (SSSR count). The molecule has 2 unspecified atom stereocenters. The minimum absolute atomic E-state index is 0.119. The van der Waals surface area contributed by atoms with Crippen LogP contribution < -0.4 is 0 Å². The van der Waals surface area contributed by atoms with Crippen molar-refractivity contribution in [2.24, 2.45) is 5.92 Å². The van der Waals surface area contributed by atoms with Crippen LogP contribution >= 0.6 is 0 Å². The maximum absolute atomic E-state index is 8.91. The van der Waals surface area contributed by atoms with Crippen LogP contribution in [0, 0.1) is 5.92 Å². The van der Waals surface area contributed by atoms with E-state index in [0.717, 1.165) is 0 Å². The second kappa shape index (κ2) is 6.20. The first-order chi connectivity index (χ1) is 7.89. The number of aliphatic hydroxyl groups excluding tert-OH is 1. The molecule has 2 nitrogen and oxygen atoms in total. The molecule has 0 heterocycles. The highest BCUT2D eigenvalue weighted by Gasteiger charge is 2.53. The number of ether oxygens (including phenoxy) is 1. The van der Waals surface area contributed by atoms with Crippen LogP contribution in [0.4, 0.5) is 0 Å². The van der Waals surface area contributed by atoms with Gasteiger partial charge in [-0.05, 0) is 17.5 Å². The molecule has 0 spiro atoms. The van der Waals surface area contributed by atoms with E-state index >= 15 is 0 Å². The lowest BCUT2D eigenvalue weighted by Gasteiger charge is -2.55. The Kier molecular flexibility index (Phi) is 6.32. The van der Waals surface area contributed by atoms with Crippen molar-refractivity contribution in [3.63, 3.8) is 0 Å². The van der Waals surface area contributed by atoms with E-state index in [1.807, 2.05) is 0 Å². The Morgan fingerprint density at radius 2 is 1.39 bits per heavy atom. The van der Waals surface area contributed by atoms with E-state index in [9.17, 15) is 0 Å². The molecule has 0 aromatic carbocycles. The van der Waals surface area contributed by atoms with Crippen LogP contribution in [0.1, 0.15) is 20.8 Å². The fourth-order valence-corrected chi connectivity index (χ4v) is 15.5. The van der Waals surface area contributed by atoms with Gasteiger partial charge in [0, 0.05) is 16.1 Å². The molecule has 0 aliphatic heterocycles. The molecule has 0 aliphatic rings. The van der Waals surface area contributed by atoms with Gasteiger partial charge < -0.3 is 9.84 Å². The summed E-state index contributed by atoms with van der Waals surface area (Å²) < 4.78 is 6.21. The van der Waals surface area contributed by atoms with Gasteiger partial charge in [0.15, 0.2) is 0 Å². The Labute approximate surface area is 116 Å². The first-order valence-corrected chi connectivity index (χ1v) is 14.1. The quantitative estimate of drug-likeness (QED) is 0.718. The number of rotatable bonds is 7. The van der Waals surface area contributed by atoms with E-state index in [1.165, 1.54) is 0 Å². The molecule has 0 aromatic rings. The van der Waals surface area contributed by atoms with Gasteiger partial charge in [-0.3, -0.25) is 0 Å². The Balaban J connectivity index is 5.24. The summed E-state index contributed by atoms with van der Waals surface area (Å²) in [5.74, 6) is 0.544. The molecule has 0 radical (unpaired) electrons. The van der Waals surface area contributed by atoms with E-state index in [0.29, 0.717) is 17.2 Å². The number of hydrogen-bond acceptors (Lipinski definition) is 2. The summed E-state index contributed by atoms with van der Waals surface area (Å²) in [4.78, 5) is 0. The lowest BCUT2D eigenvalue weighted by atomic mass is 10.0. The average molecular weight is 291 g/mol. The van der Waals surface area contributed by atoms with Crippen LogP contribution in [0.25, 0.3) is 0 Å². The highest BCUT2D eigenvalue weighted by molar-refractivity contribution is 6.98. The highest BCUT2D eigenvalue weighted by Crippen LogP contribution is 2.53. The molecular formula is C14H34O2Si2. The van der Waals surface area contributed by atoms with E-state index in [2.05, 4.69) is 60.1 Å². The van der Waals surface area contributed by atoms with Crippen molar-refractivity contribution >= 4 is 16.1 Å². The molecular weight excluding hydrogens is 256 g/mol. The molecule has 0 saturated carbocycles. The first kappa shape index (κ1) is 18.4. The first-order valence-electron chi connectivity index (χ1n) is 7.12. The third-order valence-corrected chi connectivity index (χ3v) is 16.8. The Bertz CT molecular complexity index is 240. The zero-order valence-electron chi connectivity index (χ0n) is 13.9. The van der Waals surface area contributed by atoms with Gasteiger partial charge in [-0.1, -0.05) is 53.1 Å². The predicted molar refractivity (Wildman–Crippen MR) is 86.7 cm³/mol. The summed E-state index contributed by atoms with van der Waals surface area (Å²) in [6, 6.07) is 0. The Morgan fingerprint density at radius 3 is 1.67 bits per heavy atom. The number of aliphatic hydroxyl groups is 1. The summed E-state index contributed by atoms with van der Waals surface area (Å²) in [6.07, 6.45) is 0.223. The van der Waals surface area contributed by atoms with Crippen LogP contribution in [0.15, 0.2) is 0 Å². The van der Waals surface area contributed by atoms with Crippen molar-refractivity contribution in [2.75, 3.05) is 13.2 Å². The van der Waals surface area contributed by atoms with Crippen LogP contribution in [0.3, 0.4) is 0 Å². The van der Waals surface area contributed by atoms with Crippen molar-refractivity contribution in [1.29, 1.82) is 0 Å². The molecule has 2 atom stereocenters. The van der Waals surface area contributed by atoms with Gasteiger partial charge in [-0.2, -0.15) is 0 Å². The molecule has 0 saturated heterocycles. The average Bonchev–Trinajstić information content (AvgIpc) is 2.20. The Morgan fingerprint density at radius 1 is 1.00 bits per heavy atom. The fourth-order valence-electron chi connectivity index (χ4n) is 3.34. The van der Waals surface area contributed by atoms with Gasteiger partial charge in [0.2, 0.25) is 0 Å². The molecule has 0 aliphatic carbocycles. The van der Waals surface area contributed by atoms with Crippen molar-refractivity contribution in [3.05, 3.63) is 0 Å². The maximum Gasteiger partial charge on any atom is 0.0701 e. The second-order valence-electron chi connectivity index (χ2n) is 7.79. The molecule has 0 aromatic heterocycles. The minimum atomic E-state index is -1.29. The van der Waals surface area contributed by atoms with Crippen molar-refractivity contribution in [3.8, 4) is 0 Å². The summed E-state index contributed by atoms with van der Waals surface area (Å²) in [5.41, 5.74) is 0. The number of hydrogen-bond donors (Lipinski definition) is 1. The summed E-state index contributed by atoms with van der Waals surface area (Å²) in [6.45, 7) is 22.5. The molecule has 110 valence electrons. The fraction of sp³-hybridized carbons (Fsp3) is 1.00. The van der Waals surface area contributed by atoms with Crippen molar-refractivity contribution in [2.45, 2.75) is 70.8 Å². The molecule has 0 fully saturated rings. The second-order valence-corrected chi connectivity index (χ2v) is 19.4.